The number of rotatable bonds is 4. The Labute approximate surface area is 124 Å². The fraction of sp³-hybridized carbons (Fsp3) is 0.143. The van der Waals surface area contributed by atoms with Gasteiger partial charge in [-0.3, -0.25) is 10.1 Å². The summed E-state index contributed by atoms with van der Waals surface area (Å²) in [5, 5.41) is 10.8. The van der Waals surface area contributed by atoms with Gasteiger partial charge in [-0.2, -0.15) is 0 Å². The largest absolute Gasteiger partial charge is 0.493 e. The van der Waals surface area contributed by atoms with E-state index in [9.17, 15) is 10.1 Å². The summed E-state index contributed by atoms with van der Waals surface area (Å²) in [4.78, 5) is 10.4. The second-order valence-corrected chi connectivity index (χ2v) is 4.76. The Balaban J connectivity index is 2.58. The molecule has 0 bridgehead atoms. The molecule has 20 heavy (non-hydrogen) atoms. The molecule has 0 saturated carbocycles. The molecule has 0 spiro atoms. The van der Waals surface area contributed by atoms with Gasteiger partial charge in [0.05, 0.1) is 23.6 Å². The summed E-state index contributed by atoms with van der Waals surface area (Å²) in [6, 6.07) is 10.0. The van der Waals surface area contributed by atoms with Crippen molar-refractivity contribution in [1.29, 1.82) is 0 Å². The Morgan fingerprint density at radius 2 is 1.90 bits per heavy atom. The standard InChI is InChI=1S/C14H12BrNO4/c1-19-12-7-6-11(13(15)14(12)20-2)9-4-3-5-10(8-9)16(17)18/h3-8H,1-2H3. The molecule has 0 aromatic heterocycles. The molecule has 0 saturated heterocycles. The molecule has 0 unspecified atom stereocenters. The first kappa shape index (κ1) is 14.3. The van der Waals surface area contributed by atoms with Crippen LogP contribution in [0.15, 0.2) is 40.9 Å². The highest BCUT2D eigenvalue weighted by atomic mass is 79.9. The molecule has 0 aliphatic rings. The summed E-state index contributed by atoms with van der Waals surface area (Å²) in [5.41, 5.74) is 1.57. The first-order valence-electron chi connectivity index (χ1n) is 5.73. The number of hydrogen-bond donors (Lipinski definition) is 0. The highest BCUT2D eigenvalue weighted by Crippen LogP contribution is 2.42. The molecule has 2 aromatic rings. The van der Waals surface area contributed by atoms with Crippen molar-refractivity contribution in [3.05, 3.63) is 51.0 Å². The lowest BCUT2D eigenvalue weighted by molar-refractivity contribution is -0.384. The number of nitrogens with zero attached hydrogens (tertiary/aromatic N) is 1. The van der Waals surface area contributed by atoms with Gasteiger partial charge in [-0.05, 0) is 33.6 Å². The molecule has 0 fully saturated rings. The van der Waals surface area contributed by atoms with Gasteiger partial charge in [0, 0.05) is 17.7 Å². The van der Waals surface area contributed by atoms with Gasteiger partial charge in [0.1, 0.15) is 0 Å². The van der Waals surface area contributed by atoms with E-state index in [1.165, 1.54) is 12.1 Å². The van der Waals surface area contributed by atoms with Crippen LogP contribution in [0.5, 0.6) is 11.5 Å². The van der Waals surface area contributed by atoms with E-state index in [0.29, 0.717) is 16.0 Å². The highest BCUT2D eigenvalue weighted by molar-refractivity contribution is 9.10. The van der Waals surface area contributed by atoms with E-state index in [1.807, 2.05) is 6.07 Å². The summed E-state index contributed by atoms with van der Waals surface area (Å²) in [6.07, 6.45) is 0. The van der Waals surface area contributed by atoms with Crippen LogP contribution in [0.2, 0.25) is 0 Å². The lowest BCUT2D eigenvalue weighted by atomic mass is 10.0. The van der Waals surface area contributed by atoms with Crippen molar-refractivity contribution in [3.8, 4) is 22.6 Å². The quantitative estimate of drug-likeness (QED) is 0.623. The number of ether oxygens (including phenoxy) is 2. The Morgan fingerprint density at radius 3 is 2.50 bits per heavy atom. The van der Waals surface area contributed by atoms with Crippen LogP contribution in [0.1, 0.15) is 0 Å². The van der Waals surface area contributed by atoms with Crippen LogP contribution in [0, 0.1) is 10.1 Å². The fourth-order valence-corrected chi connectivity index (χ4v) is 2.62. The van der Waals surface area contributed by atoms with Crippen LogP contribution in [-0.4, -0.2) is 19.1 Å². The topological polar surface area (TPSA) is 61.6 Å². The molecular formula is C14H12BrNO4. The van der Waals surface area contributed by atoms with Gasteiger partial charge < -0.3 is 9.47 Å². The van der Waals surface area contributed by atoms with Crippen LogP contribution < -0.4 is 9.47 Å². The van der Waals surface area contributed by atoms with Gasteiger partial charge in [0.15, 0.2) is 11.5 Å². The van der Waals surface area contributed by atoms with E-state index >= 15 is 0 Å². The van der Waals surface area contributed by atoms with Crippen LogP contribution >= 0.6 is 15.9 Å². The van der Waals surface area contributed by atoms with E-state index in [2.05, 4.69) is 15.9 Å². The molecule has 0 heterocycles. The third kappa shape index (κ3) is 2.60. The molecule has 0 aliphatic heterocycles. The van der Waals surface area contributed by atoms with Crippen molar-refractivity contribution in [1.82, 2.24) is 0 Å². The SMILES string of the molecule is COc1ccc(-c2cccc([N+](=O)[O-])c2)c(Br)c1OC. The van der Waals surface area contributed by atoms with Crippen LogP contribution in [0.3, 0.4) is 0 Å². The van der Waals surface area contributed by atoms with Crippen LogP contribution in [-0.2, 0) is 0 Å². The average Bonchev–Trinajstić information content (AvgIpc) is 2.46. The number of hydrogen-bond acceptors (Lipinski definition) is 4. The Kier molecular flexibility index (Phi) is 4.24. The van der Waals surface area contributed by atoms with Gasteiger partial charge in [-0.25, -0.2) is 0 Å². The highest BCUT2D eigenvalue weighted by Gasteiger charge is 2.15. The van der Waals surface area contributed by atoms with E-state index in [1.54, 1.807) is 32.4 Å². The van der Waals surface area contributed by atoms with Crippen LogP contribution in [0.4, 0.5) is 5.69 Å². The smallest absolute Gasteiger partial charge is 0.270 e. The molecule has 0 atom stereocenters. The maximum absolute atomic E-state index is 10.8. The summed E-state index contributed by atoms with van der Waals surface area (Å²) in [5.74, 6) is 1.14. The molecule has 0 N–H and O–H groups in total. The monoisotopic (exact) mass is 337 g/mol. The normalized spacial score (nSPS) is 10.2. The van der Waals surface area contributed by atoms with Crippen molar-refractivity contribution in [2.24, 2.45) is 0 Å². The summed E-state index contributed by atoms with van der Waals surface area (Å²) >= 11 is 3.46. The van der Waals surface area contributed by atoms with Gasteiger partial charge >= 0.3 is 0 Å². The molecule has 2 aromatic carbocycles. The third-order valence-electron chi connectivity index (χ3n) is 2.85. The minimum absolute atomic E-state index is 0.0455. The maximum Gasteiger partial charge on any atom is 0.270 e. The molecule has 2 rings (SSSR count). The lowest BCUT2D eigenvalue weighted by Crippen LogP contribution is -1.94. The second kappa shape index (κ2) is 5.92. The Hall–Kier alpha value is -2.08. The number of methoxy groups -OCH3 is 2. The molecule has 6 heteroatoms. The number of nitro benzene ring substituents is 1. The second-order valence-electron chi connectivity index (χ2n) is 3.97. The molecule has 5 nitrogen and oxygen atoms in total. The molecular weight excluding hydrogens is 326 g/mol. The minimum atomic E-state index is -0.418. The molecule has 0 amide bonds. The van der Waals surface area contributed by atoms with Crippen molar-refractivity contribution in [2.45, 2.75) is 0 Å². The lowest BCUT2D eigenvalue weighted by Gasteiger charge is -2.13. The van der Waals surface area contributed by atoms with E-state index in [4.69, 9.17) is 9.47 Å². The predicted molar refractivity (Wildman–Crippen MR) is 79.3 cm³/mol. The zero-order chi connectivity index (χ0) is 14.7. The summed E-state index contributed by atoms with van der Waals surface area (Å²) in [7, 11) is 3.09. The summed E-state index contributed by atoms with van der Waals surface area (Å²) in [6.45, 7) is 0. The van der Waals surface area contributed by atoms with Gasteiger partial charge in [-0.1, -0.05) is 12.1 Å². The zero-order valence-electron chi connectivity index (χ0n) is 10.9. The predicted octanol–water partition coefficient (Wildman–Crippen LogP) is 4.04. The van der Waals surface area contributed by atoms with Crippen molar-refractivity contribution < 1.29 is 14.4 Å². The average molecular weight is 338 g/mol. The van der Waals surface area contributed by atoms with Crippen LogP contribution in [0.25, 0.3) is 11.1 Å². The zero-order valence-corrected chi connectivity index (χ0v) is 12.5. The Morgan fingerprint density at radius 1 is 1.15 bits per heavy atom. The first-order chi connectivity index (χ1) is 9.58. The van der Waals surface area contributed by atoms with Crippen molar-refractivity contribution in [3.63, 3.8) is 0 Å². The maximum atomic E-state index is 10.8. The Bertz CT molecular complexity index is 658. The number of nitro groups is 1. The van der Waals surface area contributed by atoms with Gasteiger partial charge in [0.2, 0.25) is 0 Å². The third-order valence-corrected chi connectivity index (χ3v) is 3.64. The van der Waals surface area contributed by atoms with E-state index in [0.717, 1.165) is 11.1 Å². The molecule has 0 radical (unpaired) electrons. The van der Waals surface area contributed by atoms with Gasteiger partial charge in [-0.15, -0.1) is 0 Å². The van der Waals surface area contributed by atoms with Crippen molar-refractivity contribution >= 4 is 21.6 Å². The van der Waals surface area contributed by atoms with Gasteiger partial charge in [0.25, 0.3) is 5.69 Å². The minimum Gasteiger partial charge on any atom is -0.493 e. The number of benzene rings is 2. The number of halogens is 1. The van der Waals surface area contributed by atoms with Crippen molar-refractivity contribution in [2.75, 3.05) is 14.2 Å². The number of non-ortho nitro benzene ring substituents is 1. The fourth-order valence-electron chi connectivity index (χ4n) is 1.90. The molecule has 104 valence electrons. The summed E-state index contributed by atoms with van der Waals surface area (Å²) < 4.78 is 11.2. The van der Waals surface area contributed by atoms with E-state index in [-0.39, 0.29) is 5.69 Å². The van der Waals surface area contributed by atoms with E-state index < -0.39 is 4.92 Å². The first-order valence-corrected chi connectivity index (χ1v) is 6.53. The molecule has 0 aliphatic carbocycles.